The molecule has 2 heterocycles. The second-order valence-corrected chi connectivity index (χ2v) is 8.05. The summed E-state index contributed by atoms with van der Waals surface area (Å²) >= 11 is 0. The minimum absolute atomic E-state index is 0.597. The fraction of sp³-hybridized carbons (Fsp3) is 0.346. The molecular weight excluding hydrogens is 414 g/mol. The summed E-state index contributed by atoms with van der Waals surface area (Å²) in [5.74, 6) is 2.98. The van der Waals surface area contributed by atoms with Crippen molar-refractivity contribution in [1.29, 1.82) is 0 Å². The lowest BCUT2D eigenvalue weighted by Gasteiger charge is -2.14. The summed E-state index contributed by atoms with van der Waals surface area (Å²) in [6.07, 6.45) is 0.802. The van der Waals surface area contributed by atoms with Gasteiger partial charge in [-0.3, -0.25) is 0 Å². The number of anilines is 1. The van der Waals surface area contributed by atoms with E-state index >= 15 is 0 Å². The zero-order valence-corrected chi connectivity index (χ0v) is 20.0. The van der Waals surface area contributed by atoms with Gasteiger partial charge in [0, 0.05) is 12.2 Å². The number of benzene rings is 2. The van der Waals surface area contributed by atoms with E-state index in [-0.39, 0.29) is 0 Å². The van der Waals surface area contributed by atoms with Crippen LogP contribution in [0.5, 0.6) is 11.5 Å². The van der Waals surface area contributed by atoms with Crippen molar-refractivity contribution < 1.29 is 9.47 Å². The number of aryl methyl sites for hydroxylation is 3. The summed E-state index contributed by atoms with van der Waals surface area (Å²) in [6.45, 7) is 11.9. The highest BCUT2D eigenvalue weighted by Gasteiger charge is 2.15. The molecule has 4 rings (SSSR count). The molecule has 7 nitrogen and oxygen atoms in total. The van der Waals surface area contributed by atoms with E-state index in [0.717, 1.165) is 51.5 Å². The number of rotatable bonds is 9. The molecule has 0 unspecified atom stereocenters. The summed E-state index contributed by atoms with van der Waals surface area (Å²) < 4.78 is 13.3. The van der Waals surface area contributed by atoms with E-state index in [0.29, 0.717) is 31.4 Å². The molecule has 1 N–H and O–H groups in total. The first-order chi connectivity index (χ1) is 16.0. The molecular formula is C26H31N5O2. The molecule has 0 atom stereocenters. The summed E-state index contributed by atoms with van der Waals surface area (Å²) in [5, 5.41) is 8.13. The zero-order chi connectivity index (χ0) is 23.4. The number of nitrogens with zero attached hydrogens (tertiary/aromatic N) is 4. The Morgan fingerprint density at radius 3 is 2.36 bits per heavy atom. The third-order valence-electron chi connectivity index (χ3n) is 5.33. The molecule has 172 valence electrons. The highest BCUT2D eigenvalue weighted by Crippen LogP contribution is 2.29. The number of hydrogen-bond acceptors (Lipinski definition) is 6. The molecule has 2 aromatic heterocycles. The van der Waals surface area contributed by atoms with Gasteiger partial charge in [-0.1, -0.05) is 12.1 Å². The van der Waals surface area contributed by atoms with Gasteiger partial charge >= 0.3 is 0 Å². The van der Waals surface area contributed by atoms with Crippen molar-refractivity contribution in [2.24, 2.45) is 0 Å². The molecule has 0 fully saturated rings. The summed E-state index contributed by atoms with van der Waals surface area (Å²) in [4.78, 5) is 9.80. The Bertz CT molecular complexity index is 1270. The normalized spacial score (nSPS) is 11.1. The van der Waals surface area contributed by atoms with Crippen molar-refractivity contribution in [2.75, 3.05) is 25.1 Å². The van der Waals surface area contributed by atoms with Gasteiger partial charge in [0.15, 0.2) is 23.1 Å². The van der Waals surface area contributed by atoms with Gasteiger partial charge in [-0.15, -0.1) is 0 Å². The molecule has 0 radical (unpaired) electrons. The van der Waals surface area contributed by atoms with Gasteiger partial charge in [-0.05, 0) is 82.5 Å². The van der Waals surface area contributed by atoms with E-state index < -0.39 is 0 Å². The summed E-state index contributed by atoms with van der Waals surface area (Å²) in [7, 11) is 0. The quantitative estimate of drug-likeness (QED) is 0.382. The monoisotopic (exact) mass is 445 g/mol. The van der Waals surface area contributed by atoms with Crippen molar-refractivity contribution in [3.63, 3.8) is 0 Å². The van der Waals surface area contributed by atoms with Crippen LogP contribution in [-0.2, 0) is 6.42 Å². The Kier molecular flexibility index (Phi) is 6.77. The van der Waals surface area contributed by atoms with Crippen LogP contribution in [0, 0.1) is 20.8 Å². The first-order valence-corrected chi connectivity index (χ1v) is 11.4. The second kappa shape index (κ2) is 9.90. The van der Waals surface area contributed by atoms with Crippen LogP contribution >= 0.6 is 0 Å². The molecule has 4 aromatic rings. The average Bonchev–Trinajstić information content (AvgIpc) is 3.13. The fourth-order valence-corrected chi connectivity index (χ4v) is 3.84. The first-order valence-electron chi connectivity index (χ1n) is 11.4. The lowest BCUT2D eigenvalue weighted by Crippen LogP contribution is -2.13. The fourth-order valence-electron chi connectivity index (χ4n) is 3.84. The standard InChI is InChI=1S/C26H31N5O2/c1-6-32-23-11-9-20(16-24(23)33-7-2)12-13-27-25-26(31-19(5)15-18(4)30-31)29-22-14-17(3)8-10-21(22)28-25/h8-11,14-16H,6-7,12-13H2,1-5H3,(H,27,28). The van der Waals surface area contributed by atoms with Gasteiger partial charge in [0.1, 0.15) is 0 Å². The third kappa shape index (κ3) is 5.08. The van der Waals surface area contributed by atoms with E-state index in [1.165, 1.54) is 0 Å². The van der Waals surface area contributed by atoms with Crippen molar-refractivity contribution in [2.45, 2.75) is 41.0 Å². The van der Waals surface area contributed by atoms with Gasteiger partial charge in [0.05, 0.1) is 29.9 Å². The van der Waals surface area contributed by atoms with Crippen LogP contribution in [0.1, 0.15) is 36.4 Å². The molecule has 0 amide bonds. The Hall–Kier alpha value is -3.61. The van der Waals surface area contributed by atoms with E-state index in [1.807, 2.05) is 56.6 Å². The van der Waals surface area contributed by atoms with Crippen molar-refractivity contribution in [3.8, 4) is 17.3 Å². The summed E-state index contributed by atoms with van der Waals surface area (Å²) in [5.41, 5.74) is 5.99. The Labute approximate surface area is 194 Å². The molecule has 0 saturated heterocycles. The van der Waals surface area contributed by atoms with Crippen LogP contribution < -0.4 is 14.8 Å². The SMILES string of the molecule is CCOc1ccc(CCNc2nc3ccc(C)cc3nc2-n2nc(C)cc2C)cc1OCC. The minimum atomic E-state index is 0.597. The van der Waals surface area contributed by atoms with Crippen LogP contribution in [0.4, 0.5) is 5.82 Å². The van der Waals surface area contributed by atoms with Crippen molar-refractivity contribution in [1.82, 2.24) is 19.7 Å². The number of ether oxygens (including phenoxy) is 2. The van der Waals surface area contributed by atoms with Gasteiger partial charge in [-0.25, -0.2) is 14.6 Å². The van der Waals surface area contributed by atoms with Crippen molar-refractivity contribution in [3.05, 3.63) is 65.0 Å². The van der Waals surface area contributed by atoms with Gasteiger partial charge in [0.2, 0.25) is 0 Å². The van der Waals surface area contributed by atoms with E-state index in [9.17, 15) is 0 Å². The molecule has 0 aliphatic rings. The van der Waals surface area contributed by atoms with E-state index in [2.05, 4.69) is 35.5 Å². The van der Waals surface area contributed by atoms with Gasteiger partial charge < -0.3 is 14.8 Å². The smallest absolute Gasteiger partial charge is 0.197 e. The van der Waals surface area contributed by atoms with Gasteiger partial charge in [-0.2, -0.15) is 5.10 Å². The Morgan fingerprint density at radius 2 is 1.64 bits per heavy atom. The molecule has 0 aliphatic carbocycles. The Balaban J connectivity index is 1.60. The number of nitrogens with one attached hydrogen (secondary N) is 1. The highest BCUT2D eigenvalue weighted by molar-refractivity contribution is 5.79. The number of aromatic nitrogens is 4. The van der Waals surface area contributed by atoms with Gasteiger partial charge in [0.25, 0.3) is 0 Å². The molecule has 0 saturated carbocycles. The maximum Gasteiger partial charge on any atom is 0.197 e. The topological polar surface area (TPSA) is 74.1 Å². The predicted octanol–water partition coefficient (Wildman–Crippen LogP) is 5.19. The maximum atomic E-state index is 5.77. The second-order valence-electron chi connectivity index (χ2n) is 8.05. The molecule has 0 bridgehead atoms. The molecule has 0 aliphatic heterocycles. The van der Waals surface area contributed by atoms with Crippen LogP contribution in [-0.4, -0.2) is 39.5 Å². The van der Waals surface area contributed by atoms with E-state index in [1.54, 1.807) is 0 Å². The van der Waals surface area contributed by atoms with Crippen molar-refractivity contribution >= 4 is 16.9 Å². The zero-order valence-electron chi connectivity index (χ0n) is 20.0. The van der Waals surface area contributed by atoms with E-state index in [4.69, 9.17) is 19.4 Å². The van der Waals surface area contributed by atoms with Crippen LogP contribution in [0.2, 0.25) is 0 Å². The lowest BCUT2D eigenvalue weighted by atomic mass is 10.1. The third-order valence-corrected chi connectivity index (χ3v) is 5.33. The minimum Gasteiger partial charge on any atom is -0.490 e. The molecule has 2 aromatic carbocycles. The predicted molar refractivity (Wildman–Crippen MR) is 132 cm³/mol. The first kappa shape index (κ1) is 22.6. The average molecular weight is 446 g/mol. The Morgan fingerprint density at radius 1 is 0.848 bits per heavy atom. The largest absolute Gasteiger partial charge is 0.490 e. The molecule has 0 spiro atoms. The summed E-state index contributed by atoms with van der Waals surface area (Å²) in [6, 6.07) is 14.3. The molecule has 33 heavy (non-hydrogen) atoms. The number of fused-ring (bicyclic) bond motifs is 1. The van der Waals surface area contributed by atoms with Crippen LogP contribution in [0.15, 0.2) is 42.5 Å². The molecule has 7 heteroatoms. The van der Waals surface area contributed by atoms with Crippen LogP contribution in [0.25, 0.3) is 16.9 Å². The lowest BCUT2D eigenvalue weighted by molar-refractivity contribution is 0.287. The van der Waals surface area contributed by atoms with Crippen LogP contribution in [0.3, 0.4) is 0 Å². The maximum absolute atomic E-state index is 5.77. The highest BCUT2D eigenvalue weighted by atomic mass is 16.5. The number of hydrogen-bond donors (Lipinski definition) is 1.